The molecule has 138 valence electrons. The van der Waals surface area contributed by atoms with E-state index in [2.05, 4.69) is 25.8 Å². The van der Waals surface area contributed by atoms with E-state index in [0.717, 1.165) is 18.2 Å². The van der Waals surface area contributed by atoms with E-state index in [1.165, 1.54) is 0 Å². The standard InChI is InChI=1S/C15H29N7O.HI/c1-8-16-14(17-9-12-20-19-11(2)22(12)7)21(6)10-13(23)18-15(3,4)5;/h8-10H2,1-7H3,(H,16,17)(H,18,23);1H. The van der Waals surface area contributed by atoms with Gasteiger partial charge in [0.25, 0.3) is 0 Å². The van der Waals surface area contributed by atoms with Crippen LogP contribution in [0.4, 0.5) is 0 Å². The Labute approximate surface area is 161 Å². The number of nitrogens with one attached hydrogen (secondary N) is 2. The Kier molecular flexibility index (Phi) is 9.23. The van der Waals surface area contributed by atoms with Crippen LogP contribution in [-0.4, -0.2) is 57.2 Å². The molecule has 0 radical (unpaired) electrons. The average molecular weight is 451 g/mol. The molecule has 9 heteroatoms. The third-order valence-electron chi connectivity index (χ3n) is 3.14. The van der Waals surface area contributed by atoms with Gasteiger partial charge in [-0.3, -0.25) is 4.79 Å². The van der Waals surface area contributed by atoms with Crippen molar-refractivity contribution in [1.29, 1.82) is 0 Å². The molecule has 8 nitrogen and oxygen atoms in total. The molecule has 1 rings (SSSR count). The van der Waals surface area contributed by atoms with Crippen molar-refractivity contribution in [1.82, 2.24) is 30.3 Å². The van der Waals surface area contributed by atoms with Crippen LogP contribution in [0.25, 0.3) is 0 Å². The summed E-state index contributed by atoms with van der Waals surface area (Å²) in [5.74, 6) is 2.25. The first-order valence-corrected chi connectivity index (χ1v) is 7.79. The van der Waals surface area contributed by atoms with Gasteiger partial charge in [0, 0.05) is 26.2 Å². The summed E-state index contributed by atoms with van der Waals surface area (Å²) in [4.78, 5) is 18.4. The largest absolute Gasteiger partial charge is 0.357 e. The van der Waals surface area contributed by atoms with Crippen LogP contribution in [-0.2, 0) is 18.4 Å². The molecule has 24 heavy (non-hydrogen) atoms. The van der Waals surface area contributed by atoms with Gasteiger partial charge < -0.3 is 20.1 Å². The number of likely N-dealkylation sites (N-methyl/N-ethyl adjacent to an activating group) is 1. The van der Waals surface area contributed by atoms with Crippen LogP contribution in [0.5, 0.6) is 0 Å². The van der Waals surface area contributed by atoms with Crippen molar-refractivity contribution in [2.24, 2.45) is 12.0 Å². The molecule has 0 aliphatic carbocycles. The zero-order valence-electron chi connectivity index (χ0n) is 15.7. The minimum Gasteiger partial charge on any atom is -0.357 e. The van der Waals surface area contributed by atoms with Gasteiger partial charge in [-0.25, -0.2) is 4.99 Å². The summed E-state index contributed by atoms with van der Waals surface area (Å²) in [5, 5.41) is 14.2. The maximum Gasteiger partial charge on any atom is 0.240 e. The zero-order valence-corrected chi connectivity index (χ0v) is 18.0. The van der Waals surface area contributed by atoms with Gasteiger partial charge in [0.15, 0.2) is 11.8 Å². The van der Waals surface area contributed by atoms with Crippen molar-refractivity contribution in [2.75, 3.05) is 20.1 Å². The van der Waals surface area contributed by atoms with Crippen LogP contribution < -0.4 is 10.6 Å². The van der Waals surface area contributed by atoms with Gasteiger partial charge in [0.1, 0.15) is 12.4 Å². The van der Waals surface area contributed by atoms with Gasteiger partial charge in [-0.1, -0.05) is 0 Å². The van der Waals surface area contributed by atoms with Gasteiger partial charge in [0.2, 0.25) is 5.91 Å². The maximum atomic E-state index is 12.0. The first-order chi connectivity index (χ1) is 10.6. The predicted octanol–water partition coefficient (Wildman–Crippen LogP) is 1.05. The molecular formula is C15H30IN7O. The van der Waals surface area contributed by atoms with E-state index in [-0.39, 0.29) is 42.0 Å². The molecule has 0 spiro atoms. The van der Waals surface area contributed by atoms with E-state index in [1.54, 1.807) is 4.90 Å². The van der Waals surface area contributed by atoms with E-state index < -0.39 is 0 Å². The number of aromatic nitrogens is 3. The van der Waals surface area contributed by atoms with Crippen LogP contribution in [0.3, 0.4) is 0 Å². The molecule has 1 amide bonds. The summed E-state index contributed by atoms with van der Waals surface area (Å²) in [6.07, 6.45) is 0. The molecule has 1 aromatic rings. The fourth-order valence-electron chi connectivity index (χ4n) is 1.95. The number of hydrogen-bond acceptors (Lipinski definition) is 4. The van der Waals surface area contributed by atoms with Gasteiger partial charge in [-0.15, -0.1) is 34.2 Å². The second kappa shape index (κ2) is 9.80. The fraction of sp³-hybridized carbons (Fsp3) is 0.733. The lowest BCUT2D eigenvalue weighted by Gasteiger charge is -2.25. The third kappa shape index (κ3) is 7.45. The van der Waals surface area contributed by atoms with Crippen LogP contribution in [0, 0.1) is 6.92 Å². The van der Waals surface area contributed by atoms with Crippen molar-refractivity contribution in [3.05, 3.63) is 11.6 Å². The first kappa shape index (κ1) is 22.6. The number of aliphatic imine (C=N–C) groups is 1. The van der Waals surface area contributed by atoms with Gasteiger partial charge >= 0.3 is 0 Å². The van der Waals surface area contributed by atoms with Crippen LogP contribution in [0.1, 0.15) is 39.3 Å². The highest BCUT2D eigenvalue weighted by Gasteiger charge is 2.17. The summed E-state index contributed by atoms with van der Waals surface area (Å²) >= 11 is 0. The summed E-state index contributed by atoms with van der Waals surface area (Å²) in [7, 11) is 3.75. The van der Waals surface area contributed by atoms with Gasteiger partial charge in [-0.05, 0) is 34.6 Å². The van der Waals surface area contributed by atoms with E-state index in [0.29, 0.717) is 12.5 Å². The van der Waals surface area contributed by atoms with Gasteiger partial charge in [0.05, 0.1) is 6.54 Å². The van der Waals surface area contributed by atoms with E-state index in [9.17, 15) is 4.79 Å². The smallest absolute Gasteiger partial charge is 0.240 e. The van der Waals surface area contributed by atoms with Crippen LogP contribution in [0.15, 0.2) is 4.99 Å². The van der Waals surface area contributed by atoms with Crippen molar-refractivity contribution < 1.29 is 4.79 Å². The number of hydrogen-bond donors (Lipinski definition) is 2. The number of guanidine groups is 1. The lowest BCUT2D eigenvalue weighted by molar-refractivity contribution is -0.122. The second-order valence-corrected chi connectivity index (χ2v) is 6.55. The van der Waals surface area contributed by atoms with E-state index in [1.807, 2.05) is 53.3 Å². The quantitative estimate of drug-likeness (QED) is 0.397. The normalized spacial score (nSPS) is 11.7. The average Bonchev–Trinajstić information content (AvgIpc) is 2.72. The minimum absolute atomic E-state index is 0. The van der Waals surface area contributed by atoms with Crippen LogP contribution in [0.2, 0.25) is 0 Å². The van der Waals surface area contributed by atoms with Crippen molar-refractivity contribution in [3.8, 4) is 0 Å². The molecule has 0 fully saturated rings. The molecule has 0 saturated heterocycles. The highest BCUT2D eigenvalue weighted by Crippen LogP contribution is 2.01. The van der Waals surface area contributed by atoms with Gasteiger partial charge in [-0.2, -0.15) is 0 Å². The molecule has 0 aliphatic heterocycles. The number of amides is 1. The monoisotopic (exact) mass is 451 g/mol. The van der Waals surface area contributed by atoms with Crippen molar-refractivity contribution >= 4 is 35.8 Å². The summed E-state index contributed by atoms with van der Waals surface area (Å²) < 4.78 is 1.90. The number of aryl methyl sites for hydroxylation is 1. The lowest BCUT2D eigenvalue weighted by atomic mass is 10.1. The molecule has 2 N–H and O–H groups in total. The topological polar surface area (TPSA) is 87.4 Å². The number of nitrogens with zero attached hydrogens (tertiary/aromatic N) is 5. The first-order valence-electron chi connectivity index (χ1n) is 7.79. The second-order valence-electron chi connectivity index (χ2n) is 6.55. The van der Waals surface area contributed by atoms with E-state index in [4.69, 9.17) is 0 Å². The Hall–Kier alpha value is -1.39. The molecule has 1 aromatic heterocycles. The predicted molar refractivity (Wildman–Crippen MR) is 106 cm³/mol. The Balaban J connectivity index is 0.00000529. The zero-order chi connectivity index (χ0) is 17.6. The number of carbonyl (C=O) groups excluding carboxylic acids is 1. The number of rotatable bonds is 5. The van der Waals surface area contributed by atoms with Crippen molar-refractivity contribution in [3.63, 3.8) is 0 Å². The highest BCUT2D eigenvalue weighted by atomic mass is 127. The number of carbonyl (C=O) groups is 1. The molecule has 0 aromatic carbocycles. The Morgan fingerprint density at radius 1 is 1.33 bits per heavy atom. The molecule has 0 saturated carbocycles. The summed E-state index contributed by atoms with van der Waals surface area (Å²) in [6, 6.07) is 0. The summed E-state index contributed by atoms with van der Waals surface area (Å²) in [5.41, 5.74) is -0.246. The Morgan fingerprint density at radius 3 is 2.42 bits per heavy atom. The molecular weight excluding hydrogens is 421 g/mol. The fourth-order valence-corrected chi connectivity index (χ4v) is 1.95. The highest BCUT2D eigenvalue weighted by molar-refractivity contribution is 14.0. The minimum atomic E-state index is -0.246. The van der Waals surface area contributed by atoms with Crippen molar-refractivity contribution in [2.45, 2.75) is 46.7 Å². The molecule has 1 heterocycles. The third-order valence-corrected chi connectivity index (χ3v) is 3.14. The Bertz CT molecular complexity index is 563. The van der Waals surface area contributed by atoms with E-state index >= 15 is 0 Å². The summed E-state index contributed by atoms with van der Waals surface area (Å²) in [6.45, 7) is 11.1. The molecule has 0 aliphatic rings. The number of halogens is 1. The van der Waals surface area contributed by atoms with Crippen LogP contribution >= 0.6 is 24.0 Å². The Morgan fingerprint density at radius 2 is 1.96 bits per heavy atom. The maximum absolute atomic E-state index is 12.0. The lowest BCUT2D eigenvalue weighted by Crippen LogP contribution is -2.48. The molecule has 0 bridgehead atoms. The molecule has 0 unspecified atom stereocenters. The SMILES string of the molecule is CCNC(=NCc1nnc(C)n1C)N(C)CC(=O)NC(C)(C)C.I. The molecule has 0 atom stereocenters.